The van der Waals surface area contributed by atoms with Crippen molar-refractivity contribution in [2.24, 2.45) is 5.92 Å². The highest BCUT2D eigenvalue weighted by atomic mass is 79.9. The van der Waals surface area contributed by atoms with Gasteiger partial charge in [-0.05, 0) is 62.8 Å². The van der Waals surface area contributed by atoms with E-state index in [2.05, 4.69) is 54.2 Å². The molecule has 1 N–H and O–H groups in total. The van der Waals surface area contributed by atoms with E-state index >= 15 is 0 Å². The van der Waals surface area contributed by atoms with Crippen molar-refractivity contribution in [3.8, 4) is 5.75 Å². The quantitative estimate of drug-likeness (QED) is 0.708. The first-order valence-electron chi connectivity index (χ1n) is 8.26. The van der Waals surface area contributed by atoms with E-state index in [1.165, 1.54) is 36.8 Å². The van der Waals surface area contributed by atoms with Crippen molar-refractivity contribution < 1.29 is 4.74 Å². The molecule has 0 aliphatic heterocycles. The zero-order chi connectivity index (χ0) is 15.2. The average Bonchev–Trinajstić information content (AvgIpc) is 2.43. The zero-order valence-electron chi connectivity index (χ0n) is 13.5. The van der Waals surface area contributed by atoms with Crippen LogP contribution in [0.4, 0.5) is 0 Å². The number of halogens is 1. The van der Waals surface area contributed by atoms with Crippen molar-refractivity contribution in [2.75, 3.05) is 6.54 Å². The first-order chi connectivity index (χ1) is 10.1. The number of aryl methyl sites for hydroxylation is 1. The molecule has 2 atom stereocenters. The van der Waals surface area contributed by atoms with Crippen molar-refractivity contribution in [1.82, 2.24) is 5.32 Å². The molecule has 3 heteroatoms. The number of hydrogen-bond donors (Lipinski definition) is 1. The Hall–Kier alpha value is -0.540. The lowest BCUT2D eigenvalue weighted by Crippen LogP contribution is -2.25. The molecule has 0 spiro atoms. The van der Waals surface area contributed by atoms with Crippen LogP contribution in [0.2, 0.25) is 0 Å². The maximum absolute atomic E-state index is 6.41. The van der Waals surface area contributed by atoms with E-state index < -0.39 is 0 Å². The molecule has 0 amide bonds. The van der Waals surface area contributed by atoms with Crippen LogP contribution in [-0.2, 0) is 6.54 Å². The molecule has 0 radical (unpaired) electrons. The molecule has 1 aliphatic carbocycles. The molecule has 2 nitrogen and oxygen atoms in total. The number of nitrogens with one attached hydrogen (secondary N) is 1. The van der Waals surface area contributed by atoms with Gasteiger partial charge in [0.15, 0.2) is 0 Å². The molecule has 2 unspecified atom stereocenters. The number of hydrogen-bond acceptors (Lipinski definition) is 2. The molecule has 21 heavy (non-hydrogen) atoms. The van der Waals surface area contributed by atoms with Crippen molar-refractivity contribution >= 4 is 15.9 Å². The summed E-state index contributed by atoms with van der Waals surface area (Å²) in [5.74, 6) is 1.89. The van der Waals surface area contributed by atoms with Crippen molar-refractivity contribution in [3.05, 3.63) is 27.7 Å². The highest BCUT2D eigenvalue weighted by Crippen LogP contribution is 2.33. The summed E-state index contributed by atoms with van der Waals surface area (Å²) in [6, 6.07) is 4.35. The summed E-state index contributed by atoms with van der Waals surface area (Å²) in [5.41, 5.74) is 2.50. The topological polar surface area (TPSA) is 21.3 Å². The van der Waals surface area contributed by atoms with E-state index in [0.717, 1.165) is 35.7 Å². The molecule has 1 aliphatic rings. The minimum absolute atomic E-state index is 0.388. The largest absolute Gasteiger partial charge is 0.490 e. The lowest BCUT2D eigenvalue weighted by atomic mass is 9.88. The van der Waals surface area contributed by atoms with Gasteiger partial charge in [-0.3, -0.25) is 0 Å². The Balaban J connectivity index is 2.12. The maximum atomic E-state index is 6.41. The van der Waals surface area contributed by atoms with Gasteiger partial charge in [0.25, 0.3) is 0 Å². The summed E-state index contributed by atoms with van der Waals surface area (Å²) >= 11 is 3.61. The Kier molecular flexibility index (Phi) is 6.56. The predicted molar refractivity (Wildman–Crippen MR) is 92.9 cm³/mol. The zero-order valence-corrected chi connectivity index (χ0v) is 15.1. The van der Waals surface area contributed by atoms with Crippen molar-refractivity contribution in [2.45, 2.75) is 65.5 Å². The fraction of sp³-hybridized carbons (Fsp3) is 0.667. The average molecular weight is 354 g/mol. The van der Waals surface area contributed by atoms with Gasteiger partial charge in [-0.1, -0.05) is 36.2 Å². The molecule has 2 rings (SSSR count). The molecule has 1 aromatic carbocycles. The van der Waals surface area contributed by atoms with Crippen molar-refractivity contribution in [3.63, 3.8) is 0 Å². The van der Waals surface area contributed by atoms with Gasteiger partial charge >= 0.3 is 0 Å². The van der Waals surface area contributed by atoms with Crippen LogP contribution in [0.3, 0.4) is 0 Å². The van der Waals surface area contributed by atoms with E-state index in [1.54, 1.807) is 0 Å². The standard InChI is InChI=1S/C18H28BrNO/c1-4-8-20-12-15-11-16(19)10-14(3)18(15)21-17-7-5-6-13(2)9-17/h10-11,13,17,20H,4-9,12H2,1-3H3. The highest BCUT2D eigenvalue weighted by Gasteiger charge is 2.22. The summed E-state index contributed by atoms with van der Waals surface area (Å²) in [4.78, 5) is 0. The lowest BCUT2D eigenvalue weighted by molar-refractivity contribution is 0.127. The smallest absolute Gasteiger partial charge is 0.127 e. The minimum Gasteiger partial charge on any atom is -0.490 e. The van der Waals surface area contributed by atoms with Crippen LogP contribution in [0.5, 0.6) is 5.75 Å². The number of ether oxygens (including phenoxy) is 1. The van der Waals surface area contributed by atoms with Gasteiger partial charge < -0.3 is 10.1 Å². The summed E-state index contributed by atoms with van der Waals surface area (Å²) in [6.45, 7) is 8.61. The Morgan fingerprint density at radius 3 is 2.86 bits per heavy atom. The highest BCUT2D eigenvalue weighted by molar-refractivity contribution is 9.10. The number of rotatable bonds is 6. The SMILES string of the molecule is CCCNCc1cc(Br)cc(C)c1OC1CCCC(C)C1. The van der Waals surface area contributed by atoms with Crippen LogP contribution in [0.1, 0.15) is 57.1 Å². The monoisotopic (exact) mass is 353 g/mol. The molecular weight excluding hydrogens is 326 g/mol. The van der Waals surface area contributed by atoms with Crippen LogP contribution in [-0.4, -0.2) is 12.6 Å². The summed E-state index contributed by atoms with van der Waals surface area (Å²) in [5, 5.41) is 3.49. The van der Waals surface area contributed by atoms with Crippen LogP contribution in [0, 0.1) is 12.8 Å². The minimum atomic E-state index is 0.388. The maximum Gasteiger partial charge on any atom is 0.127 e. The second kappa shape index (κ2) is 8.19. The van der Waals surface area contributed by atoms with E-state index in [9.17, 15) is 0 Å². The first-order valence-corrected chi connectivity index (χ1v) is 9.05. The molecule has 1 saturated carbocycles. The summed E-state index contributed by atoms with van der Waals surface area (Å²) in [6.07, 6.45) is 6.58. The Morgan fingerprint density at radius 2 is 2.14 bits per heavy atom. The molecule has 1 aromatic rings. The molecule has 0 aromatic heterocycles. The van der Waals surface area contributed by atoms with E-state index in [1.807, 2.05) is 0 Å². The molecule has 0 bridgehead atoms. The second-order valence-corrected chi connectivity index (χ2v) is 7.32. The van der Waals surface area contributed by atoms with Gasteiger partial charge in [-0.2, -0.15) is 0 Å². The van der Waals surface area contributed by atoms with Gasteiger partial charge in [0.2, 0.25) is 0 Å². The fourth-order valence-corrected chi connectivity index (χ4v) is 3.77. The third-order valence-corrected chi connectivity index (χ3v) is 4.69. The molecule has 0 saturated heterocycles. The van der Waals surface area contributed by atoms with Gasteiger partial charge in [-0.15, -0.1) is 0 Å². The first kappa shape index (κ1) is 16.8. The van der Waals surface area contributed by atoms with Crippen LogP contribution in [0.25, 0.3) is 0 Å². The van der Waals surface area contributed by atoms with Crippen LogP contribution < -0.4 is 10.1 Å². The second-order valence-electron chi connectivity index (χ2n) is 6.40. The third-order valence-electron chi connectivity index (χ3n) is 4.23. The fourth-order valence-electron chi connectivity index (χ4n) is 3.15. The Bertz CT molecular complexity index is 461. The molecule has 118 valence electrons. The van der Waals surface area contributed by atoms with Gasteiger partial charge in [0.1, 0.15) is 5.75 Å². The summed E-state index contributed by atoms with van der Waals surface area (Å²) < 4.78 is 7.55. The normalized spacial score (nSPS) is 22.3. The third kappa shape index (κ3) is 5.00. The van der Waals surface area contributed by atoms with Gasteiger partial charge in [0.05, 0.1) is 6.10 Å². The van der Waals surface area contributed by atoms with E-state index in [4.69, 9.17) is 4.74 Å². The predicted octanol–water partition coefficient (Wildman–Crippen LogP) is 5.21. The van der Waals surface area contributed by atoms with Gasteiger partial charge in [0, 0.05) is 16.6 Å². The molecule has 0 heterocycles. The van der Waals surface area contributed by atoms with Crippen molar-refractivity contribution in [1.29, 1.82) is 0 Å². The Morgan fingerprint density at radius 1 is 1.33 bits per heavy atom. The van der Waals surface area contributed by atoms with E-state index in [0.29, 0.717) is 6.10 Å². The molecular formula is C18H28BrNO. The summed E-state index contributed by atoms with van der Waals surface area (Å²) in [7, 11) is 0. The molecule has 1 fully saturated rings. The van der Waals surface area contributed by atoms with Crippen LogP contribution >= 0.6 is 15.9 Å². The van der Waals surface area contributed by atoms with E-state index in [-0.39, 0.29) is 0 Å². The van der Waals surface area contributed by atoms with Crippen LogP contribution in [0.15, 0.2) is 16.6 Å². The number of benzene rings is 1. The lowest BCUT2D eigenvalue weighted by Gasteiger charge is -2.29. The Labute approximate surface area is 137 Å². The van der Waals surface area contributed by atoms with Gasteiger partial charge in [-0.25, -0.2) is 0 Å².